The molecule has 29 heavy (non-hydrogen) atoms. The smallest absolute Gasteiger partial charge is 0.281 e. The Bertz CT molecular complexity index is 866. The van der Waals surface area contributed by atoms with E-state index in [-0.39, 0.29) is 6.10 Å². The lowest BCUT2D eigenvalue weighted by molar-refractivity contribution is -0.135. The molecule has 0 saturated carbocycles. The minimum Gasteiger partial charge on any atom is -0.493 e. The van der Waals surface area contributed by atoms with Gasteiger partial charge in [-0.2, -0.15) is 0 Å². The van der Waals surface area contributed by atoms with Crippen LogP contribution in [0.15, 0.2) is 42.5 Å². The Morgan fingerprint density at radius 2 is 1.66 bits per heavy atom. The van der Waals surface area contributed by atoms with Crippen molar-refractivity contribution in [1.29, 1.82) is 0 Å². The first kappa shape index (κ1) is 22.4. The molecule has 0 aromatic heterocycles. The first-order valence-electron chi connectivity index (χ1n) is 9.02. The third kappa shape index (κ3) is 6.29. The molecule has 0 saturated heterocycles. The minimum atomic E-state index is -1.23. The Kier molecular flexibility index (Phi) is 7.34. The molecule has 156 valence electrons. The Morgan fingerprint density at radius 3 is 2.24 bits per heavy atom. The first-order chi connectivity index (χ1) is 13.6. The molecule has 0 spiro atoms. The number of ether oxygens (including phenoxy) is 3. The van der Waals surface area contributed by atoms with Crippen molar-refractivity contribution in [3.05, 3.63) is 53.1 Å². The van der Waals surface area contributed by atoms with E-state index >= 15 is 0 Å². The average molecular weight is 421 g/mol. The summed E-state index contributed by atoms with van der Waals surface area (Å²) in [6, 6.07) is 11.4. The van der Waals surface area contributed by atoms with Crippen molar-refractivity contribution in [3.63, 3.8) is 0 Å². The second kappa shape index (κ2) is 9.52. The number of hydrazine groups is 1. The van der Waals surface area contributed by atoms with Gasteiger partial charge < -0.3 is 14.2 Å². The van der Waals surface area contributed by atoms with Gasteiger partial charge in [-0.1, -0.05) is 11.6 Å². The van der Waals surface area contributed by atoms with Gasteiger partial charge in [0.05, 0.1) is 13.2 Å². The van der Waals surface area contributed by atoms with Gasteiger partial charge in [-0.15, -0.1) is 0 Å². The van der Waals surface area contributed by atoms with Crippen LogP contribution >= 0.6 is 11.6 Å². The molecule has 0 atom stereocenters. The molecule has 2 aromatic rings. The highest BCUT2D eigenvalue weighted by atomic mass is 35.5. The van der Waals surface area contributed by atoms with Gasteiger partial charge in [0.15, 0.2) is 17.1 Å². The van der Waals surface area contributed by atoms with Crippen LogP contribution in [0.5, 0.6) is 17.2 Å². The molecule has 0 aliphatic carbocycles. The molecule has 2 aromatic carbocycles. The van der Waals surface area contributed by atoms with E-state index in [2.05, 4.69) is 10.9 Å². The molecule has 0 aliphatic rings. The summed E-state index contributed by atoms with van der Waals surface area (Å²) in [7, 11) is 1.49. The van der Waals surface area contributed by atoms with Crippen LogP contribution in [0.3, 0.4) is 0 Å². The topological polar surface area (TPSA) is 85.9 Å². The Labute approximate surface area is 175 Å². The number of carbonyl (C=O) groups excluding carboxylic acids is 2. The number of hydrogen-bond acceptors (Lipinski definition) is 5. The van der Waals surface area contributed by atoms with E-state index in [1.165, 1.54) is 13.2 Å². The molecule has 0 unspecified atom stereocenters. The molecule has 0 fully saturated rings. The monoisotopic (exact) mass is 420 g/mol. The maximum Gasteiger partial charge on any atom is 0.281 e. The van der Waals surface area contributed by atoms with Gasteiger partial charge in [0.1, 0.15) is 5.75 Å². The normalized spacial score (nSPS) is 11.0. The fourth-order valence-electron chi connectivity index (χ4n) is 2.34. The maximum atomic E-state index is 12.4. The molecule has 8 heteroatoms. The highest BCUT2D eigenvalue weighted by Gasteiger charge is 2.30. The van der Waals surface area contributed by atoms with E-state index in [9.17, 15) is 9.59 Å². The zero-order valence-corrected chi connectivity index (χ0v) is 17.8. The summed E-state index contributed by atoms with van der Waals surface area (Å²) in [6.45, 7) is 6.96. The first-order valence-corrected chi connectivity index (χ1v) is 9.40. The van der Waals surface area contributed by atoms with Gasteiger partial charge in [-0.3, -0.25) is 20.4 Å². The van der Waals surface area contributed by atoms with Gasteiger partial charge in [-0.25, -0.2) is 0 Å². The number of methoxy groups -OCH3 is 1. The van der Waals surface area contributed by atoms with E-state index in [1.807, 2.05) is 13.8 Å². The van der Waals surface area contributed by atoms with Crippen LogP contribution in [0.4, 0.5) is 0 Å². The fourth-order valence-corrected chi connectivity index (χ4v) is 2.47. The molecular formula is C21H25ClN2O5. The molecular weight excluding hydrogens is 396 g/mol. The summed E-state index contributed by atoms with van der Waals surface area (Å²) in [5.74, 6) is 0.401. The zero-order chi connectivity index (χ0) is 21.6. The fraction of sp³-hybridized carbons (Fsp3) is 0.333. The highest BCUT2D eigenvalue weighted by Crippen LogP contribution is 2.29. The molecule has 0 aliphatic heterocycles. The second-order valence-electron chi connectivity index (χ2n) is 7.01. The van der Waals surface area contributed by atoms with E-state index in [0.717, 1.165) is 0 Å². The van der Waals surface area contributed by atoms with Crippen molar-refractivity contribution in [2.45, 2.75) is 39.4 Å². The van der Waals surface area contributed by atoms with Gasteiger partial charge in [0, 0.05) is 10.6 Å². The summed E-state index contributed by atoms with van der Waals surface area (Å²) >= 11 is 5.85. The quantitative estimate of drug-likeness (QED) is 0.666. The number of halogens is 1. The van der Waals surface area contributed by atoms with Crippen LogP contribution in [0.1, 0.15) is 38.1 Å². The third-order valence-electron chi connectivity index (χ3n) is 3.81. The van der Waals surface area contributed by atoms with Crippen LogP contribution < -0.4 is 25.1 Å². The van der Waals surface area contributed by atoms with Crippen molar-refractivity contribution in [1.82, 2.24) is 10.9 Å². The Morgan fingerprint density at radius 1 is 1.00 bits per heavy atom. The minimum absolute atomic E-state index is 0.0364. The Balaban J connectivity index is 2.00. The number of carbonyl (C=O) groups is 2. The summed E-state index contributed by atoms with van der Waals surface area (Å²) in [5.41, 5.74) is 3.82. The third-order valence-corrected chi connectivity index (χ3v) is 4.06. The summed E-state index contributed by atoms with van der Waals surface area (Å²) in [6.07, 6.45) is -0.0364. The molecule has 0 radical (unpaired) electrons. The standard InChI is InChI=1S/C21H25ClN2O5/c1-13(2)28-17-11-6-14(12-18(17)27-5)19(25)23-24-20(26)21(3,4)29-16-9-7-15(22)8-10-16/h6-13H,1-5H3,(H,23,25)(H,24,26). The van der Waals surface area contributed by atoms with Gasteiger partial charge in [0.25, 0.3) is 11.8 Å². The predicted octanol–water partition coefficient (Wildman–Crippen LogP) is 3.75. The van der Waals surface area contributed by atoms with Crippen molar-refractivity contribution < 1.29 is 23.8 Å². The number of nitrogens with one attached hydrogen (secondary N) is 2. The maximum absolute atomic E-state index is 12.4. The second-order valence-corrected chi connectivity index (χ2v) is 7.44. The van der Waals surface area contributed by atoms with Crippen LogP contribution in [0, 0.1) is 0 Å². The van der Waals surface area contributed by atoms with E-state index in [0.29, 0.717) is 27.8 Å². The Hall–Kier alpha value is -2.93. The molecule has 0 heterocycles. The SMILES string of the molecule is COc1cc(C(=O)NNC(=O)C(C)(C)Oc2ccc(Cl)cc2)ccc1OC(C)C. The lowest BCUT2D eigenvalue weighted by atomic mass is 10.1. The van der Waals surface area contributed by atoms with Crippen LogP contribution in [0.2, 0.25) is 5.02 Å². The summed E-state index contributed by atoms with van der Waals surface area (Å²) in [5, 5.41) is 0.562. The molecule has 2 rings (SSSR count). The lowest BCUT2D eigenvalue weighted by Gasteiger charge is -2.25. The summed E-state index contributed by atoms with van der Waals surface area (Å²) < 4.78 is 16.6. The van der Waals surface area contributed by atoms with Gasteiger partial charge in [-0.05, 0) is 70.2 Å². The largest absolute Gasteiger partial charge is 0.493 e. The van der Waals surface area contributed by atoms with Crippen molar-refractivity contribution in [2.24, 2.45) is 0 Å². The molecule has 2 amide bonds. The molecule has 2 N–H and O–H groups in total. The van der Waals surface area contributed by atoms with Crippen LogP contribution in [-0.4, -0.2) is 30.6 Å². The van der Waals surface area contributed by atoms with Crippen molar-refractivity contribution in [2.75, 3.05) is 7.11 Å². The predicted molar refractivity (Wildman–Crippen MR) is 111 cm³/mol. The molecule has 7 nitrogen and oxygen atoms in total. The van der Waals surface area contributed by atoms with Crippen LogP contribution in [0.25, 0.3) is 0 Å². The summed E-state index contributed by atoms with van der Waals surface area (Å²) in [4.78, 5) is 24.8. The van der Waals surface area contributed by atoms with Crippen LogP contribution in [-0.2, 0) is 4.79 Å². The highest BCUT2D eigenvalue weighted by molar-refractivity contribution is 6.30. The zero-order valence-electron chi connectivity index (χ0n) is 17.0. The number of hydrogen-bond donors (Lipinski definition) is 2. The van der Waals surface area contributed by atoms with E-state index < -0.39 is 17.4 Å². The van der Waals surface area contributed by atoms with Gasteiger partial charge in [0.2, 0.25) is 0 Å². The van der Waals surface area contributed by atoms with Crippen molar-refractivity contribution in [3.8, 4) is 17.2 Å². The number of rotatable bonds is 7. The number of benzene rings is 2. The van der Waals surface area contributed by atoms with Gasteiger partial charge >= 0.3 is 0 Å². The van der Waals surface area contributed by atoms with E-state index in [1.54, 1.807) is 50.2 Å². The van der Waals surface area contributed by atoms with Crippen molar-refractivity contribution >= 4 is 23.4 Å². The average Bonchev–Trinajstić information content (AvgIpc) is 2.67. The molecule has 0 bridgehead atoms. The number of amides is 2. The van der Waals surface area contributed by atoms with E-state index in [4.69, 9.17) is 25.8 Å². The lowest BCUT2D eigenvalue weighted by Crippen LogP contribution is -2.53.